The summed E-state index contributed by atoms with van der Waals surface area (Å²) in [6, 6.07) is 18.9. The van der Waals surface area contributed by atoms with E-state index in [2.05, 4.69) is 77.7 Å². The number of nitrogens with one attached hydrogen (secondary N) is 1. The fraction of sp³-hybridized carbons (Fsp3) is 0.381. The van der Waals surface area contributed by atoms with E-state index in [1.54, 1.807) is 7.11 Å². The van der Waals surface area contributed by atoms with Crippen molar-refractivity contribution in [2.45, 2.75) is 12.6 Å². The quantitative estimate of drug-likeness (QED) is 0.613. The summed E-state index contributed by atoms with van der Waals surface area (Å²) >= 11 is 0. The zero-order valence-electron chi connectivity index (χ0n) is 16.4. The summed E-state index contributed by atoms with van der Waals surface area (Å²) in [6.45, 7) is 1.58. The SMILES string of the molecule is CN=C(NCC(c1ccc(OC)cc1)N(C)C)N(C)Cc1ccccc1. The number of likely N-dealkylation sites (N-methyl/N-ethyl adjacent to an activating group) is 1. The molecule has 0 bridgehead atoms. The molecule has 0 radical (unpaired) electrons. The normalized spacial score (nSPS) is 12.8. The number of benzene rings is 2. The standard InChI is InChI=1S/C21H30N4O/c1-22-21(25(4)16-17-9-7-6-8-10-17)23-15-20(24(2)3)18-11-13-19(26-5)14-12-18/h6-14,20H,15-16H2,1-5H3,(H,22,23). The van der Waals surface area contributed by atoms with Crippen molar-refractivity contribution in [1.82, 2.24) is 15.1 Å². The maximum absolute atomic E-state index is 5.26. The van der Waals surface area contributed by atoms with Crippen molar-refractivity contribution < 1.29 is 4.74 Å². The average molecular weight is 354 g/mol. The Kier molecular flexibility index (Phi) is 7.48. The van der Waals surface area contributed by atoms with Crippen molar-refractivity contribution in [1.29, 1.82) is 0 Å². The molecule has 0 aliphatic rings. The Balaban J connectivity index is 2.01. The van der Waals surface area contributed by atoms with Crippen LogP contribution in [-0.4, -0.2) is 57.6 Å². The lowest BCUT2D eigenvalue weighted by molar-refractivity contribution is 0.295. The fourth-order valence-electron chi connectivity index (χ4n) is 2.93. The third-order valence-electron chi connectivity index (χ3n) is 4.41. The van der Waals surface area contributed by atoms with E-state index in [9.17, 15) is 0 Å². The topological polar surface area (TPSA) is 40.1 Å². The van der Waals surface area contributed by atoms with Gasteiger partial charge in [0.2, 0.25) is 0 Å². The molecule has 2 aromatic carbocycles. The van der Waals surface area contributed by atoms with Crippen LogP contribution in [0.2, 0.25) is 0 Å². The second kappa shape index (κ2) is 9.82. The van der Waals surface area contributed by atoms with Gasteiger partial charge in [0.15, 0.2) is 5.96 Å². The highest BCUT2D eigenvalue weighted by Gasteiger charge is 2.16. The number of hydrogen-bond donors (Lipinski definition) is 1. The highest BCUT2D eigenvalue weighted by molar-refractivity contribution is 5.79. The van der Waals surface area contributed by atoms with E-state index < -0.39 is 0 Å². The lowest BCUT2D eigenvalue weighted by Crippen LogP contribution is -2.42. The molecule has 5 heteroatoms. The molecule has 140 valence electrons. The maximum atomic E-state index is 5.26. The molecule has 0 saturated carbocycles. The summed E-state index contributed by atoms with van der Waals surface area (Å²) in [6.07, 6.45) is 0. The second-order valence-electron chi connectivity index (χ2n) is 6.52. The molecular weight excluding hydrogens is 324 g/mol. The van der Waals surface area contributed by atoms with Gasteiger partial charge in [-0.3, -0.25) is 4.99 Å². The molecule has 0 spiro atoms. The van der Waals surface area contributed by atoms with Crippen LogP contribution in [0, 0.1) is 0 Å². The number of rotatable bonds is 7. The van der Waals surface area contributed by atoms with Crippen LogP contribution >= 0.6 is 0 Å². The van der Waals surface area contributed by atoms with Gasteiger partial charge in [0, 0.05) is 27.2 Å². The third kappa shape index (κ3) is 5.49. The number of aliphatic imine (C=N–C) groups is 1. The van der Waals surface area contributed by atoms with Gasteiger partial charge in [-0.1, -0.05) is 42.5 Å². The molecule has 26 heavy (non-hydrogen) atoms. The summed E-state index contributed by atoms with van der Waals surface area (Å²) in [4.78, 5) is 8.77. The van der Waals surface area contributed by atoms with E-state index in [4.69, 9.17) is 4.74 Å². The van der Waals surface area contributed by atoms with Crippen molar-refractivity contribution in [2.75, 3.05) is 41.8 Å². The van der Waals surface area contributed by atoms with Crippen molar-refractivity contribution >= 4 is 5.96 Å². The molecule has 0 aromatic heterocycles. The van der Waals surface area contributed by atoms with Gasteiger partial charge in [-0.05, 0) is 37.4 Å². The van der Waals surface area contributed by atoms with Crippen LogP contribution < -0.4 is 10.1 Å². The average Bonchev–Trinajstić information content (AvgIpc) is 2.66. The van der Waals surface area contributed by atoms with Gasteiger partial charge in [0.1, 0.15) is 5.75 Å². The highest BCUT2D eigenvalue weighted by Crippen LogP contribution is 2.20. The minimum atomic E-state index is 0.239. The van der Waals surface area contributed by atoms with Crippen LogP contribution in [0.3, 0.4) is 0 Å². The molecule has 0 aliphatic carbocycles. The van der Waals surface area contributed by atoms with Crippen molar-refractivity contribution in [3.05, 3.63) is 65.7 Å². The number of hydrogen-bond acceptors (Lipinski definition) is 3. The van der Waals surface area contributed by atoms with Gasteiger partial charge in [0.05, 0.1) is 13.2 Å². The molecule has 1 atom stereocenters. The first-order chi connectivity index (χ1) is 12.5. The first-order valence-electron chi connectivity index (χ1n) is 8.81. The van der Waals surface area contributed by atoms with Gasteiger partial charge in [0.25, 0.3) is 0 Å². The van der Waals surface area contributed by atoms with Crippen LogP contribution in [-0.2, 0) is 6.54 Å². The first-order valence-corrected chi connectivity index (χ1v) is 8.81. The molecule has 2 aromatic rings. The minimum Gasteiger partial charge on any atom is -0.497 e. The van der Waals surface area contributed by atoms with Crippen molar-refractivity contribution in [2.24, 2.45) is 4.99 Å². The lowest BCUT2D eigenvalue weighted by atomic mass is 10.1. The smallest absolute Gasteiger partial charge is 0.193 e. The van der Waals surface area contributed by atoms with Crippen molar-refractivity contribution in [3.8, 4) is 5.75 Å². The van der Waals surface area contributed by atoms with E-state index in [1.165, 1.54) is 11.1 Å². The Morgan fingerprint density at radius 1 is 1.04 bits per heavy atom. The first kappa shape index (κ1) is 19.8. The van der Waals surface area contributed by atoms with E-state index in [0.29, 0.717) is 0 Å². The van der Waals surface area contributed by atoms with Crippen LogP contribution in [0.4, 0.5) is 0 Å². The molecule has 0 heterocycles. The molecule has 1 N–H and O–H groups in total. The molecule has 0 fully saturated rings. The van der Waals surface area contributed by atoms with Gasteiger partial charge in [-0.25, -0.2) is 0 Å². The predicted octanol–water partition coefficient (Wildman–Crippen LogP) is 3.01. The zero-order chi connectivity index (χ0) is 18.9. The summed E-state index contributed by atoms with van der Waals surface area (Å²) in [5, 5.41) is 3.50. The van der Waals surface area contributed by atoms with Crippen LogP contribution in [0.15, 0.2) is 59.6 Å². The van der Waals surface area contributed by atoms with Crippen molar-refractivity contribution in [3.63, 3.8) is 0 Å². The summed E-state index contributed by atoms with van der Waals surface area (Å²) in [5.74, 6) is 1.76. The summed E-state index contributed by atoms with van der Waals surface area (Å²) < 4.78 is 5.26. The Bertz CT molecular complexity index is 683. The lowest BCUT2D eigenvalue weighted by Gasteiger charge is -2.28. The predicted molar refractivity (Wildman–Crippen MR) is 109 cm³/mol. The molecule has 2 rings (SSSR count). The highest BCUT2D eigenvalue weighted by atomic mass is 16.5. The Labute approximate surface area is 157 Å². The molecule has 0 aliphatic heterocycles. The molecule has 0 saturated heterocycles. The Morgan fingerprint density at radius 3 is 2.23 bits per heavy atom. The van der Waals surface area contributed by atoms with Crippen LogP contribution in [0.25, 0.3) is 0 Å². The van der Waals surface area contributed by atoms with E-state index >= 15 is 0 Å². The number of guanidine groups is 1. The maximum Gasteiger partial charge on any atom is 0.193 e. The largest absolute Gasteiger partial charge is 0.497 e. The Morgan fingerprint density at radius 2 is 1.69 bits per heavy atom. The van der Waals surface area contributed by atoms with Crippen LogP contribution in [0.1, 0.15) is 17.2 Å². The molecule has 5 nitrogen and oxygen atoms in total. The monoisotopic (exact) mass is 354 g/mol. The number of nitrogens with zero attached hydrogens (tertiary/aromatic N) is 3. The fourth-order valence-corrected chi connectivity index (χ4v) is 2.93. The van der Waals surface area contributed by atoms with E-state index in [1.807, 2.05) is 25.2 Å². The van der Waals surface area contributed by atoms with E-state index in [-0.39, 0.29) is 6.04 Å². The van der Waals surface area contributed by atoms with Gasteiger partial charge in [-0.15, -0.1) is 0 Å². The zero-order valence-corrected chi connectivity index (χ0v) is 16.4. The molecular formula is C21H30N4O. The third-order valence-corrected chi connectivity index (χ3v) is 4.41. The van der Waals surface area contributed by atoms with Crippen LogP contribution in [0.5, 0.6) is 5.75 Å². The second-order valence-corrected chi connectivity index (χ2v) is 6.52. The summed E-state index contributed by atoms with van der Waals surface area (Å²) in [5.41, 5.74) is 2.50. The number of methoxy groups -OCH3 is 1. The summed E-state index contributed by atoms with van der Waals surface area (Å²) in [7, 11) is 9.74. The van der Waals surface area contributed by atoms with Gasteiger partial charge >= 0.3 is 0 Å². The van der Waals surface area contributed by atoms with E-state index in [0.717, 1.165) is 24.8 Å². The number of ether oxygens (including phenoxy) is 1. The van der Waals surface area contributed by atoms with Gasteiger partial charge in [-0.2, -0.15) is 0 Å². The van der Waals surface area contributed by atoms with Gasteiger partial charge < -0.3 is 19.9 Å². The molecule has 0 amide bonds. The Hall–Kier alpha value is -2.53. The molecule has 1 unspecified atom stereocenters. The minimum absolute atomic E-state index is 0.239.